The summed E-state index contributed by atoms with van der Waals surface area (Å²) in [5.74, 6) is -0.915. The number of nitrogens with two attached hydrogens (primary N) is 2. The molecule has 1 aliphatic heterocycles. The van der Waals surface area contributed by atoms with Crippen molar-refractivity contribution in [1.29, 1.82) is 0 Å². The number of benzene rings is 2. The highest BCUT2D eigenvalue weighted by Crippen LogP contribution is 2.29. The van der Waals surface area contributed by atoms with E-state index < -0.39 is 46.5 Å². The number of nitrogens with one attached hydrogen (secondary N) is 3. The number of primary amides is 1. The molecule has 3 rings (SSSR count). The van der Waals surface area contributed by atoms with Crippen LogP contribution < -0.4 is 27.4 Å². The van der Waals surface area contributed by atoms with E-state index in [9.17, 15) is 24.3 Å². The molecule has 1 unspecified atom stereocenters. The van der Waals surface area contributed by atoms with Crippen LogP contribution in [0.4, 0.5) is 0 Å². The lowest BCUT2D eigenvalue weighted by atomic mass is 10.0. The molecule has 0 spiro atoms. The molecule has 0 radical (unpaired) electrons. The molecule has 3 atom stereocenters. The molecule has 2 aromatic carbocycles. The number of phenolic OH excluding ortho intramolecular Hbond substituents is 1. The zero-order chi connectivity index (χ0) is 29.3. The Hall–Kier alpha value is -3.48. The third-order valence-electron chi connectivity index (χ3n) is 6.22. The number of thioether (sulfide) groups is 2. The summed E-state index contributed by atoms with van der Waals surface area (Å²) in [6.45, 7) is 3.66. The molecular weight excluding hydrogens is 550 g/mol. The molecule has 1 saturated heterocycles. The Morgan fingerprint density at radius 1 is 1.12 bits per heavy atom. The molecular formula is C28H35N5O5S2. The highest BCUT2D eigenvalue weighted by atomic mass is 32.2. The standard InChI is InChI=1S/C28H35N5O5S2/c1-28(2)23(24(30)35)33-26(37)21(15-17-6-4-3-5-7-17)31-27(38)22(16-39-12-13-40-28)32-25(36)20(29)14-18-8-10-19(34)11-9-18/h3-11,15,20,22-23,34H,12-14,16,29H2,1-2H3,(H2,30,35)(H,31,38)(H,32,36)(H,33,37)/b21-15+/t20-,22-,23?/m0/s1. The SMILES string of the molecule is CC1(C)SCCSC[C@H](NC(=O)[C@@H](N)Cc2ccc(O)cc2)C(=O)N/C(=C/c2ccccc2)C(=O)NC1C(N)=O. The Kier molecular flexibility index (Phi) is 11.1. The van der Waals surface area contributed by atoms with Crippen molar-refractivity contribution in [2.24, 2.45) is 11.5 Å². The van der Waals surface area contributed by atoms with Crippen molar-refractivity contribution >= 4 is 53.2 Å². The van der Waals surface area contributed by atoms with Gasteiger partial charge in [-0.25, -0.2) is 0 Å². The van der Waals surface area contributed by atoms with Gasteiger partial charge < -0.3 is 32.5 Å². The summed E-state index contributed by atoms with van der Waals surface area (Å²) in [6.07, 6.45) is 1.70. The van der Waals surface area contributed by atoms with E-state index in [2.05, 4.69) is 16.0 Å². The largest absolute Gasteiger partial charge is 0.508 e. The molecule has 2 aromatic rings. The number of hydrogen-bond donors (Lipinski definition) is 6. The van der Waals surface area contributed by atoms with Crippen LogP contribution in [-0.2, 0) is 25.6 Å². The molecule has 40 heavy (non-hydrogen) atoms. The van der Waals surface area contributed by atoms with Crippen LogP contribution in [-0.4, -0.2) is 68.9 Å². The van der Waals surface area contributed by atoms with Crippen LogP contribution in [0.15, 0.2) is 60.3 Å². The normalized spacial score (nSPS) is 22.0. The molecule has 1 fully saturated rings. The molecule has 1 aliphatic rings. The predicted molar refractivity (Wildman–Crippen MR) is 159 cm³/mol. The van der Waals surface area contributed by atoms with Gasteiger partial charge in [0.2, 0.25) is 17.7 Å². The van der Waals surface area contributed by atoms with E-state index in [1.165, 1.54) is 41.7 Å². The minimum Gasteiger partial charge on any atom is -0.508 e. The molecule has 10 nitrogen and oxygen atoms in total. The number of rotatable bonds is 6. The Bertz CT molecular complexity index is 1240. The Labute approximate surface area is 242 Å². The number of hydrogen-bond acceptors (Lipinski definition) is 8. The first-order valence-corrected chi connectivity index (χ1v) is 14.8. The van der Waals surface area contributed by atoms with Crippen molar-refractivity contribution in [3.8, 4) is 5.75 Å². The Morgan fingerprint density at radius 3 is 2.45 bits per heavy atom. The maximum absolute atomic E-state index is 13.4. The third kappa shape index (κ3) is 9.04. The second-order valence-corrected chi connectivity index (χ2v) is 12.7. The maximum Gasteiger partial charge on any atom is 0.268 e. The lowest BCUT2D eigenvalue weighted by Crippen LogP contribution is -2.57. The van der Waals surface area contributed by atoms with Gasteiger partial charge in [0.1, 0.15) is 23.5 Å². The fourth-order valence-electron chi connectivity index (χ4n) is 3.98. The first kappa shape index (κ1) is 31.1. The van der Waals surface area contributed by atoms with Crippen LogP contribution in [0.5, 0.6) is 5.75 Å². The molecule has 1 heterocycles. The van der Waals surface area contributed by atoms with Crippen molar-refractivity contribution in [3.05, 3.63) is 71.4 Å². The Morgan fingerprint density at radius 2 is 1.80 bits per heavy atom. The minimum atomic E-state index is -1.000. The molecule has 0 saturated carbocycles. The quantitative estimate of drug-likeness (QED) is 0.273. The summed E-state index contributed by atoms with van der Waals surface area (Å²) in [5.41, 5.74) is 13.1. The van der Waals surface area contributed by atoms with Crippen LogP contribution in [0.1, 0.15) is 25.0 Å². The van der Waals surface area contributed by atoms with E-state index in [4.69, 9.17) is 11.5 Å². The zero-order valence-electron chi connectivity index (χ0n) is 22.4. The van der Waals surface area contributed by atoms with Crippen LogP contribution in [0.25, 0.3) is 6.08 Å². The molecule has 12 heteroatoms. The topological polar surface area (TPSA) is 177 Å². The van der Waals surface area contributed by atoms with Gasteiger partial charge in [-0.05, 0) is 49.6 Å². The number of carbonyl (C=O) groups excluding carboxylic acids is 4. The van der Waals surface area contributed by atoms with E-state index in [0.717, 1.165) is 5.56 Å². The van der Waals surface area contributed by atoms with Gasteiger partial charge in [0.15, 0.2) is 0 Å². The fourth-order valence-corrected chi connectivity index (χ4v) is 6.29. The lowest BCUT2D eigenvalue weighted by molar-refractivity contribution is -0.129. The van der Waals surface area contributed by atoms with Gasteiger partial charge in [-0.3, -0.25) is 19.2 Å². The summed E-state index contributed by atoms with van der Waals surface area (Å²) < 4.78 is -0.716. The summed E-state index contributed by atoms with van der Waals surface area (Å²) in [5, 5.41) is 17.5. The summed E-state index contributed by atoms with van der Waals surface area (Å²) >= 11 is 2.94. The molecule has 0 bridgehead atoms. The van der Waals surface area contributed by atoms with E-state index in [1.807, 2.05) is 19.9 Å². The molecule has 214 valence electrons. The van der Waals surface area contributed by atoms with Crippen LogP contribution >= 0.6 is 23.5 Å². The molecule has 8 N–H and O–H groups in total. The van der Waals surface area contributed by atoms with Gasteiger partial charge >= 0.3 is 0 Å². The fraction of sp³-hybridized carbons (Fsp3) is 0.357. The maximum atomic E-state index is 13.4. The summed E-state index contributed by atoms with van der Waals surface area (Å²) in [6, 6.07) is 12.3. The highest BCUT2D eigenvalue weighted by molar-refractivity contribution is 8.03. The van der Waals surface area contributed by atoms with E-state index in [1.54, 1.807) is 36.4 Å². The smallest absolute Gasteiger partial charge is 0.268 e. The van der Waals surface area contributed by atoms with E-state index >= 15 is 0 Å². The second-order valence-electron chi connectivity index (χ2n) is 9.83. The second kappa shape index (κ2) is 14.2. The third-order valence-corrected chi connectivity index (χ3v) is 8.92. The number of amides is 4. The van der Waals surface area contributed by atoms with Gasteiger partial charge in [-0.2, -0.15) is 23.5 Å². The van der Waals surface area contributed by atoms with Crippen molar-refractivity contribution < 1.29 is 24.3 Å². The van der Waals surface area contributed by atoms with Gasteiger partial charge in [0.25, 0.3) is 5.91 Å². The van der Waals surface area contributed by atoms with Gasteiger partial charge in [0, 0.05) is 22.0 Å². The van der Waals surface area contributed by atoms with Gasteiger partial charge in [0.05, 0.1) is 6.04 Å². The minimum absolute atomic E-state index is 0.0971. The molecule has 4 amide bonds. The first-order valence-electron chi connectivity index (χ1n) is 12.7. The van der Waals surface area contributed by atoms with Crippen molar-refractivity contribution in [2.45, 2.75) is 43.1 Å². The molecule has 0 aliphatic carbocycles. The van der Waals surface area contributed by atoms with Crippen LogP contribution in [0.3, 0.4) is 0 Å². The lowest BCUT2D eigenvalue weighted by Gasteiger charge is -2.32. The van der Waals surface area contributed by atoms with Gasteiger partial charge in [-0.15, -0.1) is 0 Å². The van der Waals surface area contributed by atoms with E-state index in [0.29, 0.717) is 17.1 Å². The zero-order valence-corrected chi connectivity index (χ0v) is 24.0. The van der Waals surface area contributed by atoms with Gasteiger partial charge in [-0.1, -0.05) is 42.5 Å². The summed E-state index contributed by atoms with van der Waals surface area (Å²) in [7, 11) is 0. The van der Waals surface area contributed by atoms with Crippen LogP contribution in [0.2, 0.25) is 0 Å². The van der Waals surface area contributed by atoms with Crippen molar-refractivity contribution in [2.75, 3.05) is 17.3 Å². The summed E-state index contributed by atoms with van der Waals surface area (Å²) in [4.78, 5) is 52.1. The first-order chi connectivity index (χ1) is 19.0. The van der Waals surface area contributed by atoms with Crippen molar-refractivity contribution in [1.82, 2.24) is 16.0 Å². The number of phenols is 1. The Balaban J connectivity index is 1.86. The monoisotopic (exact) mass is 585 g/mol. The number of aromatic hydroxyl groups is 1. The van der Waals surface area contributed by atoms with E-state index in [-0.39, 0.29) is 23.6 Å². The number of carbonyl (C=O) groups is 4. The molecule has 0 aromatic heterocycles. The van der Waals surface area contributed by atoms with Crippen molar-refractivity contribution in [3.63, 3.8) is 0 Å². The highest BCUT2D eigenvalue weighted by Gasteiger charge is 2.37. The average Bonchev–Trinajstić information content (AvgIpc) is 2.91. The average molecular weight is 586 g/mol. The van der Waals surface area contributed by atoms with Crippen LogP contribution in [0, 0.1) is 0 Å². The predicted octanol–water partition coefficient (Wildman–Crippen LogP) is 1.13.